The summed E-state index contributed by atoms with van der Waals surface area (Å²) in [6.45, 7) is 8.43. The zero-order valence-corrected chi connectivity index (χ0v) is 19.6. The molecule has 160 valence electrons. The fraction of sp³-hybridized carbons (Fsp3) is 0. The molecule has 0 heterocycles. The summed E-state index contributed by atoms with van der Waals surface area (Å²) >= 11 is 0. The second-order valence-corrected chi connectivity index (χ2v) is 11.2. The van der Waals surface area contributed by atoms with Crippen molar-refractivity contribution in [3.8, 4) is 11.1 Å². The number of hydrogen-bond acceptors (Lipinski definition) is 0. The Morgan fingerprint density at radius 2 is 1.06 bits per heavy atom. The molecule has 33 heavy (non-hydrogen) atoms. The molecular weight excluding hydrogens is 415 g/mol. The maximum absolute atomic E-state index is 4.66. The zero-order valence-electron chi connectivity index (χ0n) is 18.7. The molecule has 0 unspecified atom stereocenters. The van der Waals surface area contributed by atoms with E-state index in [-0.39, 0.29) is 0 Å². The minimum Gasteiger partial charge on any atom is -0.0991 e. The van der Waals surface area contributed by atoms with Crippen molar-refractivity contribution in [2.75, 3.05) is 0 Å². The predicted molar refractivity (Wildman–Crippen MR) is 148 cm³/mol. The van der Waals surface area contributed by atoms with Crippen LogP contribution in [-0.4, -0.2) is 0 Å². The van der Waals surface area contributed by atoms with Crippen LogP contribution in [0, 0.1) is 0 Å². The second kappa shape index (κ2) is 10.7. The molecule has 0 fully saturated rings. The van der Waals surface area contributed by atoms with E-state index in [9.17, 15) is 0 Å². The third kappa shape index (κ3) is 4.72. The van der Waals surface area contributed by atoms with Crippen LogP contribution in [0.15, 0.2) is 164 Å². The number of rotatable bonds is 8. The fourth-order valence-corrected chi connectivity index (χ4v) is 8.27. The van der Waals surface area contributed by atoms with Gasteiger partial charge in [0.1, 0.15) is 28.5 Å². The van der Waals surface area contributed by atoms with Crippen LogP contribution in [0.25, 0.3) is 11.1 Å². The van der Waals surface area contributed by atoms with Gasteiger partial charge >= 0.3 is 0 Å². The molecule has 4 aromatic rings. The van der Waals surface area contributed by atoms with E-state index < -0.39 is 7.26 Å². The summed E-state index contributed by atoms with van der Waals surface area (Å²) < 4.78 is 0. The standard InChI is InChI=1S/C32H28P/c1-3-4-5-9-17-27(2)33(30-21-12-7-13-22-30,31-23-14-8-15-24-31)32-25-16-20-29(26-32)28-18-10-6-11-19-28/h3-26H,1-2H2/q+1/b5-4+,17-9+. The minimum absolute atomic E-state index is 1.11. The molecule has 0 aliphatic rings. The number of allylic oxidation sites excluding steroid dienone is 6. The Labute approximate surface area is 198 Å². The van der Waals surface area contributed by atoms with Gasteiger partial charge in [-0.3, -0.25) is 0 Å². The molecule has 0 aromatic heterocycles. The van der Waals surface area contributed by atoms with E-state index in [1.54, 1.807) is 6.08 Å². The Balaban J connectivity index is 2.00. The normalized spacial score (nSPS) is 11.6. The maximum Gasteiger partial charge on any atom is 0.143 e. The lowest BCUT2D eigenvalue weighted by Crippen LogP contribution is -2.31. The summed E-state index contributed by atoms with van der Waals surface area (Å²) in [5.41, 5.74) is 2.43. The van der Waals surface area contributed by atoms with Crippen LogP contribution in [0.1, 0.15) is 0 Å². The zero-order chi connectivity index (χ0) is 22.9. The van der Waals surface area contributed by atoms with E-state index in [2.05, 4.69) is 141 Å². The highest BCUT2D eigenvalue weighted by Gasteiger charge is 2.47. The van der Waals surface area contributed by atoms with Crippen molar-refractivity contribution < 1.29 is 0 Å². The number of hydrogen-bond donors (Lipinski definition) is 0. The van der Waals surface area contributed by atoms with Gasteiger partial charge in [0.25, 0.3) is 0 Å². The molecule has 0 saturated heterocycles. The van der Waals surface area contributed by atoms with Gasteiger partial charge in [0, 0.05) is 0 Å². The van der Waals surface area contributed by atoms with Crippen molar-refractivity contribution in [1.82, 2.24) is 0 Å². The largest absolute Gasteiger partial charge is 0.143 e. The van der Waals surface area contributed by atoms with Crippen LogP contribution in [0.5, 0.6) is 0 Å². The van der Waals surface area contributed by atoms with Gasteiger partial charge in [-0.2, -0.15) is 0 Å². The van der Waals surface area contributed by atoms with Crippen LogP contribution >= 0.6 is 7.26 Å². The summed E-state index contributed by atoms with van der Waals surface area (Å²) in [4.78, 5) is 0. The number of benzene rings is 4. The van der Waals surface area contributed by atoms with Crippen molar-refractivity contribution in [2.24, 2.45) is 0 Å². The molecule has 0 aliphatic carbocycles. The molecule has 0 radical (unpaired) electrons. The van der Waals surface area contributed by atoms with Gasteiger partial charge in [-0.1, -0.05) is 116 Å². The van der Waals surface area contributed by atoms with Gasteiger partial charge in [-0.25, -0.2) is 0 Å². The molecule has 0 atom stereocenters. The average molecular weight is 444 g/mol. The van der Waals surface area contributed by atoms with Crippen LogP contribution in [0.4, 0.5) is 0 Å². The Morgan fingerprint density at radius 1 is 0.545 bits per heavy atom. The lowest BCUT2D eigenvalue weighted by atomic mass is 10.1. The van der Waals surface area contributed by atoms with Crippen LogP contribution < -0.4 is 15.9 Å². The summed E-state index contributed by atoms with van der Waals surface area (Å²) in [6.07, 6.45) is 9.94. The quantitative estimate of drug-likeness (QED) is 0.196. The van der Waals surface area contributed by atoms with Crippen molar-refractivity contribution in [3.63, 3.8) is 0 Å². The van der Waals surface area contributed by atoms with Gasteiger partial charge < -0.3 is 0 Å². The monoisotopic (exact) mass is 443 g/mol. The minimum atomic E-state index is -2.18. The average Bonchev–Trinajstić information content (AvgIpc) is 2.89. The van der Waals surface area contributed by atoms with E-state index in [0.29, 0.717) is 0 Å². The third-order valence-electron chi connectivity index (χ3n) is 5.71. The molecule has 0 saturated carbocycles. The lowest BCUT2D eigenvalue weighted by Gasteiger charge is -2.28. The lowest BCUT2D eigenvalue weighted by molar-refractivity contribution is 1.63. The van der Waals surface area contributed by atoms with Crippen molar-refractivity contribution >= 4 is 23.2 Å². The third-order valence-corrected chi connectivity index (χ3v) is 9.91. The molecule has 0 nitrogen and oxygen atoms in total. The van der Waals surface area contributed by atoms with Crippen LogP contribution in [0.3, 0.4) is 0 Å². The summed E-state index contributed by atoms with van der Waals surface area (Å²) in [5, 5.41) is 5.00. The molecule has 1 heteroatoms. The second-order valence-electron chi connectivity index (χ2n) is 7.73. The van der Waals surface area contributed by atoms with Gasteiger partial charge in [0.15, 0.2) is 0 Å². The van der Waals surface area contributed by atoms with Gasteiger partial charge in [0.05, 0.1) is 0 Å². The Morgan fingerprint density at radius 3 is 1.64 bits per heavy atom. The summed E-state index contributed by atoms with van der Waals surface area (Å²) in [5.74, 6) is 0. The van der Waals surface area contributed by atoms with E-state index in [4.69, 9.17) is 0 Å². The molecule has 0 amide bonds. The first-order chi connectivity index (χ1) is 16.3. The van der Waals surface area contributed by atoms with Gasteiger partial charge in [-0.05, 0) is 53.6 Å². The van der Waals surface area contributed by atoms with E-state index in [1.807, 2.05) is 12.2 Å². The van der Waals surface area contributed by atoms with E-state index in [1.165, 1.54) is 27.0 Å². The van der Waals surface area contributed by atoms with E-state index in [0.717, 1.165) is 5.31 Å². The first-order valence-electron chi connectivity index (χ1n) is 11.1. The smallest absolute Gasteiger partial charge is 0.0991 e. The topological polar surface area (TPSA) is 0 Å². The molecule has 0 spiro atoms. The van der Waals surface area contributed by atoms with Crippen LogP contribution in [-0.2, 0) is 0 Å². The van der Waals surface area contributed by atoms with Gasteiger partial charge in [-0.15, -0.1) is 0 Å². The first-order valence-corrected chi connectivity index (χ1v) is 12.9. The molecular formula is C32H28P+. The Bertz CT molecular complexity index is 1230. The van der Waals surface area contributed by atoms with Crippen molar-refractivity contribution in [3.05, 3.63) is 164 Å². The summed E-state index contributed by atoms with van der Waals surface area (Å²) in [7, 11) is -2.18. The highest BCUT2D eigenvalue weighted by Crippen LogP contribution is 2.62. The summed E-state index contributed by atoms with van der Waals surface area (Å²) in [6, 6.07) is 41.2. The maximum atomic E-state index is 4.66. The highest BCUT2D eigenvalue weighted by molar-refractivity contribution is 7.99. The van der Waals surface area contributed by atoms with Crippen molar-refractivity contribution in [2.45, 2.75) is 0 Å². The molecule has 4 rings (SSSR count). The van der Waals surface area contributed by atoms with E-state index >= 15 is 0 Å². The molecule has 0 aliphatic heterocycles. The van der Waals surface area contributed by atoms with Gasteiger partial charge in [0.2, 0.25) is 0 Å². The first kappa shape index (κ1) is 22.5. The fourth-order valence-electron chi connectivity index (χ4n) is 4.19. The van der Waals surface area contributed by atoms with Crippen molar-refractivity contribution in [1.29, 1.82) is 0 Å². The molecule has 4 aromatic carbocycles. The SMILES string of the molecule is C=C/C=C/C=C/C(=C)[P+](c1ccccc1)(c1ccccc1)c1cccc(-c2ccccc2)c1. The highest BCUT2D eigenvalue weighted by atomic mass is 31.2. The molecule has 0 bridgehead atoms. The Kier molecular flexibility index (Phi) is 7.30. The Hall–Kier alpha value is -3.73. The molecule has 0 N–H and O–H groups in total. The predicted octanol–water partition coefficient (Wildman–Crippen LogP) is 7.46. The van der Waals surface area contributed by atoms with Crippen LogP contribution in [0.2, 0.25) is 0 Å².